The molecule has 116 valence electrons. The second-order valence-electron chi connectivity index (χ2n) is 7.45. The number of esters is 1. The molecular weight excluding hydrogens is 281 g/mol. The number of hydrogen-bond donors (Lipinski definition) is 1. The van der Waals surface area contributed by atoms with Crippen molar-refractivity contribution in [2.24, 2.45) is 41.4 Å². The highest BCUT2D eigenvalue weighted by Gasteiger charge is 2.81. The van der Waals surface area contributed by atoms with Gasteiger partial charge in [0.2, 0.25) is 0 Å². The molecule has 3 nitrogen and oxygen atoms in total. The van der Waals surface area contributed by atoms with Crippen molar-refractivity contribution in [2.45, 2.75) is 19.0 Å². The first kappa shape index (κ1) is 13.1. The molecule has 0 saturated heterocycles. The van der Waals surface area contributed by atoms with Gasteiger partial charge in [-0.25, -0.2) is 4.39 Å². The Morgan fingerprint density at radius 3 is 2.55 bits per heavy atom. The third-order valence-corrected chi connectivity index (χ3v) is 6.86. The van der Waals surface area contributed by atoms with Crippen molar-refractivity contribution in [3.8, 4) is 0 Å². The van der Waals surface area contributed by atoms with Crippen LogP contribution >= 0.6 is 0 Å². The fourth-order valence-electron chi connectivity index (χ4n) is 6.31. The number of carbonyl (C=O) groups excluding carboxylic acids is 1. The van der Waals surface area contributed by atoms with E-state index in [-0.39, 0.29) is 23.7 Å². The van der Waals surface area contributed by atoms with E-state index < -0.39 is 0 Å². The van der Waals surface area contributed by atoms with Gasteiger partial charge in [-0.1, -0.05) is 12.1 Å². The molecule has 0 radical (unpaired) electrons. The van der Waals surface area contributed by atoms with E-state index in [0.29, 0.717) is 18.4 Å². The van der Waals surface area contributed by atoms with Crippen LogP contribution in [0, 0.1) is 47.2 Å². The molecule has 5 saturated carbocycles. The number of nitrogens with one attached hydrogen (secondary N) is 1. The van der Waals surface area contributed by atoms with Crippen molar-refractivity contribution in [3.05, 3.63) is 35.6 Å². The first-order valence-electron chi connectivity index (χ1n) is 8.26. The molecule has 1 aromatic rings. The summed E-state index contributed by atoms with van der Waals surface area (Å²) < 4.78 is 18.1. The van der Waals surface area contributed by atoms with Crippen LogP contribution in [0.3, 0.4) is 0 Å². The summed E-state index contributed by atoms with van der Waals surface area (Å²) in [5.74, 6) is 4.28. The lowest BCUT2D eigenvalue weighted by molar-refractivity contribution is -0.148. The summed E-state index contributed by atoms with van der Waals surface area (Å²) in [5.41, 5.74) is 1.06. The Bertz CT molecular complexity index is 630. The molecule has 1 N–H and O–H groups in total. The third-order valence-electron chi connectivity index (χ3n) is 6.86. The molecule has 22 heavy (non-hydrogen) atoms. The Balaban J connectivity index is 1.36. The predicted octanol–water partition coefficient (Wildman–Crippen LogP) is 2.21. The molecule has 4 heteroatoms. The van der Waals surface area contributed by atoms with Gasteiger partial charge in [-0.2, -0.15) is 0 Å². The summed E-state index contributed by atoms with van der Waals surface area (Å²) in [7, 11) is 1.50. The van der Waals surface area contributed by atoms with Crippen molar-refractivity contribution in [3.63, 3.8) is 0 Å². The molecule has 0 heterocycles. The van der Waals surface area contributed by atoms with Crippen LogP contribution in [-0.2, 0) is 16.1 Å². The van der Waals surface area contributed by atoms with Crippen molar-refractivity contribution >= 4 is 5.97 Å². The second kappa shape index (κ2) is 4.31. The Hall–Kier alpha value is -1.42. The lowest BCUT2D eigenvalue weighted by atomic mass is 9.84. The van der Waals surface area contributed by atoms with Gasteiger partial charge in [0.15, 0.2) is 0 Å². The lowest BCUT2D eigenvalue weighted by Gasteiger charge is -2.29. The number of carbonyl (C=O) groups is 1. The SMILES string of the molecule is COC(=O)C1C(NCc2ccc(F)cc2)C2C3CC4C2C4C31. The maximum Gasteiger partial charge on any atom is 0.310 e. The van der Waals surface area contributed by atoms with Crippen LogP contribution in [0.2, 0.25) is 0 Å². The van der Waals surface area contributed by atoms with Crippen molar-refractivity contribution in [2.75, 3.05) is 7.11 Å². The molecule has 6 bridgehead atoms. The topological polar surface area (TPSA) is 38.3 Å². The monoisotopic (exact) mass is 301 g/mol. The minimum atomic E-state index is -0.210. The predicted molar refractivity (Wildman–Crippen MR) is 78.1 cm³/mol. The van der Waals surface area contributed by atoms with E-state index in [0.717, 1.165) is 29.2 Å². The van der Waals surface area contributed by atoms with Gasteiger partial charge in [-0.05, 0) is 59.6 Å². The highest BCUT2D eigenvalue weighted by molar-refractivity contribution is 5.75. The zero-order valence-electron chi connectivity index (χ0n) is 12.5. The summed E-state index contributed by atoms with van der Waals surface area (Å²) in [6, 6.07) is 6.83. The maximum absolute atomic E-state index is 13.0. The number of ether oxygens (including phenoxy) is 1. The van der Waals surface area contributed by atoms with Gasteiger partial charge in [0.05, 0.1) is 13.0 Å². The molecule has 0 aliphatic heterocycles. The van der Waals surface area contributed by atoms with Crippen molar-refractivity contribution in [1.82, 2.24) is 5.32 Å². The van der Waals surface area contributed by atoms with Gasteiger partial charge in [0.25, 0.3) is 0 Å². The summed E-state index contributed by atoms with van der Waals surface area (Å²) >= 11 is 0. The first-order valence-corrected chi connectivity index (χ1v) is 8.26. The Labute approximate surface area is 129 Å². The smallest absolute Gasteiger partial charge is 0.310 e. The lowest BCUT2D eigenvalue weighted by Crippen LogP contribution is -2.45. The van der Waals surface area contributed by atoms with Gasteiger partial charge < -0.3 is 10.1 Å². The largest absolute Gasteiger partial charge is 0.469 e. The molecule has 5 aliphatic rings. The average Bonchev–Trinajstić information content (AvgIpc) is 2.89. The Morgan fingerprint density at radius 2 is 1.86 bits per heavy atom. The van der Waals surface area contributed by atoms with Gasteiger partial charge in [-0.15, -0.1) is 0 Å². The number of hydrogen-bond acceptors (Lipinski definition) is 3. The third kappa shape index (κ3) is 1.51. The van der Waals surface area contributed by atoms with Crippen molar-refractivity contribution in [1.29, 1.82) is 0 Å². The highest BCUT2D eigenvalue weighted by atomic mass is 19.1. The van der Waals surface area contributed by atoms with Gasteiger partial charge in [0.1, 0.15) is 5.82 Å². The quantitative estimate of drug-likeness (QED) is 0.867. The van der Waals surface area contributed by atoms with Crippen LogP contribution < -0.4 is 5.32 Å². The molecule has 5 fully saturated rings. The Morgan fingerprint density at radius 1 is 1.18 bits per heavy atom. The second-order valence-corrected chi connectivity index (χ2v) is 7.45. The number of rotatable bonds is 4. The van der Waals surface area contributed by atoms with E-state index in [1.165, 1.54) is 25.7 Å². The van der Waals surface area contributed by atoms with E-state index in [1.54, 1.807) is 0 Å². The summed E-state index contributed by atoms with van der Waals surface area (Å²) in [5, 5.41) is 3.60. The van der Waals surface area contributed by atoms with E-state index in [1.807, 2.05) is 12.1 Å². The van der Waals surface area contributed by atoms with Crippen LogP contribution in [0.4, 0.5) is 4.39 Å². The van der Waals surface area contributed by atoms with E-state index >= 15 is 0 Å². The molecule has 0 aromatic heterocycles. The van der Waals surface area contributed by atoms with Crippen LogP contribution in [-0.4, -0.2) is 19.1 Å². The van der Waals surface area contributed by atoms with Gasteiger partial charge in [0, 0.05) is 12.6 Å². The van der Waals surface area contributed by atoms with Crippen LogP contribution in [0.15, 0.2) is 24.3 Å². The molecule has 6 rings (SSSR count). The van der Waals surface area contributed by atoms with Crippen LogP contribution in [0.5, 0.6) is 0 Å². The number of methoxy groups -OCH3 is 1. The number of benzene rings is 1. The maximum atomic E-state index is 13.0. The fraction of sp³-hybridized carbons (Fsp3) is 0.611. The molecule has 8 unspecified atom stereocenters. The van der Waals surface area contributed by atoms with Crippen LogP contribution in [0.25, 0.3) is 0 Å². The minimum Gasteiger partial charge on any atom is -0.469 e. The van der Waals surface area contributed by atoms with Gasteiger partial charge in [-0.3, -0.25) is 4.79 Å². The van der Waals surface area contributed by atoms with Crippen molar-refractivity contribution < 1.29 is 13.9 Å². The molecule has 1 aromatic carbocycles. The van der Waals surface area contributed by atoms with E-state index in [2.05, 4.69) is 5.32 Å². The molecule has 5 aliphatic carbocycles. The average molecular weight is 301 g/mol. The number of halogens is 1. The zero-order valence-corrected chi connectivity index (χ0v) is 12.5. The summed E-state index contributed by atoms with van der Waals surface area (Å²) in [4.78, 5) is 12.3. The minimum absolute atomic E-state index is 0.0224. The first-order chi connectivity index (χ1) is 10.7. The molecule has 0 spiro atoms. The van der Waals surface area contributed by atoms with Crippen LogP contribution in [0.1, 0.15) is 12.0 Å². The highest BCUT2D eigenvalue weighted by Crippen LogP contribution is 2.82. The Kier molecular flexibility index (Phi) is 2.56. The molecule has 8 atom stereocenters. The summed E-state index contributed by atoms with van der Waals surface area (Å²) in [6.07, 6.45) is 1.33. The normalized spacial score (nSPS) is 46.1. The van der Waals surface area contributed by atoms with Gasteiger partial charge >= 0.3 is 5.97 Å². The fourth-order valence-corrected chi connectivity index (χ4v) is 6.31. The zero-order chi connectivity index (χ0) is 15.0. The molecule has 0 amide bonds. The molecular formula is C18H20FNO2. The summed E-state index contributed by atoms with van der Waals surface area (Å²) in [6.45, 7) is 0.691. The van der Waals surface area contributed by atoms with E-state index in [4.69, 9.17) is 4.74 Å². The standard InChI is InChI=1S/C18H20FNO2/c1-22-18(21)16-14-11-6-10-12(14)13(10)15(11)17(16)20-7-8-2-4-9(19)5-3-8/h2-5,10-17,20H,6-7H2,1H3. The van der Waals surface area contributed by atoms with E-state index in [9.17, 15) is 9.18 Å².